The lowest BCUT2D eigenvalue weighted by Gasteiger charge is -2.08. The molecule has 27 heavy (non-hydrogen) atoms. The van der Waals surface area contributed by atoms with E-state index in [1.165, 1.54) is 0 Å². The third kappa shape index (κ3) is 3.69. The summed E-state index contributed by atoms with van der Waals surface area (Å²) in [6, 6.07) is 11.7. The molecule has 0 spiro atoms. The van der Waals surface area contributed by atoms with Gasteiger partial charge in [0.05, 0.1) is 0 Å². The molecule has 0 bridgehead atoms. The molecule has 4 aromatic rings. The smallest absolute Gasteiger partial charge is 0.165 e. The van der Waals surface area contributed by atoms with Gasteiger partial charge in [-0.05, 0) is 57.2 Å². The summed E-state index contributed by atoms with van der Waals surface area (Å²) in [7, 11) is 0. The van der Waals surface area contributed by atoms with Crippen LogP contribution in [0.4, 0.5) is 0 Å². The molecule has 0 aliphatic carbocycles. The Bertz CT molecular complexity index is 917. The van der Waals surface area contributed by atoms with Gasteiger partial charge >= 0.3 is 0 Å². The van der Waals surface area contributed by atoms with Crippen LogP contribution in [-0.4, -0.2) is 29.9 Å². The lowest BCUT2D eigenvalue weighted by Crippen LogP contribution is -2.01. The molecular weight excluding hydrogens is 336 g/mol. The van der Waals surface area contributed by atoms with Crippen molar-refractivity contribution in [3.63, 3.8) is 0 Å². The first-order chi connectivity index (χ1) is 13.1. The molecule has 0 atom stereocenters. The summed E-state index contributed by atoms with van der Waals surface area (Å²) in [6.07, 6.45) is 5.33. The molecule has 0 fully saturated rings. The van der Waals surface area contributed by atoms with Gasteiger partial charge in [-0.1, -0.05) is 0 Å². The van der Waals surface area contributed by atoms with Crippen LogP contribution in [0.25, 0.3) is 34.2 Å². The summed E-state index contributed by atoms with van der Waals surface area (Å²) in [4.78, 5) is 27.0. The molecule has 132 valence electrons. The van der Waals surface area contributed by atoms with Crippen LogP contribution in [0.5, 0.6) is 0 Å². The van der Waals surface area contributed by atoms with Crippen molar-refractivity contribution in [1.29, 1.82) is 0 Å². The molecule has 0 aromatic carbocycles. The monoisotopic (exact) mass is 354 g/mol. The lowest BCUT2D eigenvalue weighted by atomic mass is 10.2. The largest absolute Gasteiger partial charge is 0.261 e. The summed E-state index contributed by atoms with van der Waals surface area (Å²) in [5, 5.41) is 0. The predicted molar refractivity (Wildman–Crippen MR) is 104 cm³/mol. The maximum atomic E-state index is 4.65. The van der Waals surface area contributed by atoms with Gasteiger partial charge < -0.3 is 0 Å². The second kappa shape index (κ2) is 6.99. The van der Waals surface area contributed by atoms with E-state index in [4.69, 9.17) is 0 Å². The number of aryl methyl sites for hydroxylation is 3. The molecule has 0 aliphatic rings. The van der Waals surface area contributed by atoms with Crippen LogP contribution in [0, 0.1) is 20.8 Å². The van der Waals surface area contributed by atoms with Gasteiger partial charge in [-0.15, -0.1) is 0 Å². The van der Waals surface area contributed by atoms with E-state index in [0.29, 0.717) is 17.5 Å². The van der Waals surface area contributed by atoms with Crippen LogP contribution in [0.1, 0.15) is 17.1 Å². The molecule has 6 nitrogen and oxygen atoms in total. The Hall–Kier alpha value is -3.54. The lowest BCUT2D eigenvalue weighted by molar-refractivity contribution is 1.05. The average molecular weight is 354 g/mol. The van der Waals surface area contributed by atoms with Gasteiger partial charge in [0.25, 0.3) is 0 Å². The average Bonchev–Trinajstić information content (AvgIpc) is 2.69. The minimum absolute atomic E-state index is 0.573. The van der Waals surface area contributed by atoms with Gasteiger partial charge in [-0.2, -0.15) is 0 Å². The molecule has 0 saturated carbocycles. The fraction of sp³-hybridized carbons (Fsp3) is 0.143. The predicted octanol–water partition coefficient (Wildman–Crippen LogP) is 3.98. The summed E-state index contributed by atoms with van der Waals surface area (Å²) >= 11 is 0. The van der Waals surface area contributed by atoms with Crippen LogP contribution in [0.3, 0.4) is 0 Å². The van der Waals surface area contributed by atoms with Crippen LogP contribution < -0.4 is 0 Å². The van der Waals surface area contributed by atoms with Crippen molar-refractivity contribution in [2.45, 2.75) is 20.8 Å². The molecular formula is C21H18N6. The highest BCUT2D eigenvalue weighted by molar-refractivity contribution is 5.65. The zero-order valence-electron chi connectivity index (χ0n) is 15.4. The van der Waals surface area contributed by atoms with Gasteiger partial charge in [-0.3, -0.25) is 15.0 Å². The zero-order valence-corrected chi connectivity index (χ0v) is 15.4. The SMILES string of the molecule is Cc1ccc(-c2nc(-c3ccc(C)nc3)nc(-c3ccc(C)nc3)n2)cn1. The maximum Gasteiger partial charge on any atom is 0.165 e. The Morgan fingerprint density at radius 1 is 0.444 bits per heavy atom. The highest BCUT2D eigenvalue weighted by Gasteiger charge is 2.13. The second-order valence-electron chi connectivity index (χ2n) is 6.37. The molecule has 0 radical (unpaired) electrons. The van der Waals surface area contributed by atoms with E-state index in [0.717, 1.165) is 33.8 Å². The van der Waals surface area contributed by atoms with E-state index in [2.05, 4.69) is 29.9 Å². The first kappa shape index (κ1) is 16.9. The number of aromatic nitrogens is 6. The van der Waals surface area contributed by atoms with Crippen molar-refractivity contribution in [3.8, 4) is 34.2 Å². The van der Waals surface area contributed by atoms with Crippen molar-refractivity contribution in [2.24, 2.45) is 0 Å². The van der Waals surface area contributed by atoms with E-state index in [9.17, 15) is 0 Å². The Balaban J connectivity index is 1.89. The molecule has 0 saturated heterocycles. The van der Waals surface area contributed by atoms with Crippen molar-refractivity contribution >= 4 is 0 Å². The minimum Gasteiger partial charge on any atom is -0.261 e. The molecule has 4 rings (SSSR count). The number of rotatable bonds is 3. The quantitative estimate of drug-likeness (QED) is 0.554. The second-order valence-corrected chi connectivity index (χ2v) is 6.37. The van der Waals surface area contributed by atoms with Crippen molar-refractivity contribution in [1.82, 2.24) is 29.9 Å². The normalized spacial score (nSPS) is 10.8. The summed E-state index contributed by atoms with van der Waals surface area (Å²) in [6.45, 7) is 5.85. The minimum atomic E-state index is 0.573. The van der Waals surface area contributed by atoms with Crippen molar-refractivity contribution in [3.05, 3.63) is 72.1 Å². The third-order valence-corrected chi connectivity index (χ3v) is 4.14. The van der Waals surface area contributed by atoms with Crippen molar-refractivity contribution in [2.75, 3.05) is 0 Å². The van der Waals surface area contributed by atoms with Crippen LogP contribution in [0.2, 0.25) is 0 Å². The maximum absolute atomic E-state index is 4.65. The van der Waals surface area contributed by atoms with Crippen molar-refractivity contribution < 1.29 is 0 Å². The van der Waals surface area contributed by atoms with E-state index in [1.54, 1.807) is 18.6 Å². The molecule has 0 unspecified atom stereocenters. The van der Waals surface area contributed by atoms with E-state index in [-0.39, 0.29) is 0 Å². The van der Waals surface area contributed by atoms with Gasteiger partial charge in [0.1, 0.15) is 0 Å². The Kier molecular flexibility index (Phi) is 4.38. The molecule has 4 heterocycles. The number of pyridine rings is 3. The summed E-state index contributed by atoms with van der Waals surface area (Å²) in [5.41, 5.74) is 5.35. The van der Waals surface area contributed by atoms with E-state index >= 15 is 0 Å². The highest BCUT2D eigenvalue weighted by atomic mass is 15.0. The molecule has 0 N–H and O–H groups in total. The van der Waals surface area contributed by atoms with Gasteiger partial charge in [0.15, 0.2) is 17.5 Å². The van der Waals surface area contributed by atoms with E-state index < -0.39 is 0 Å². The Labute approximate surface area is 157 Å². The first-order valence-corrected chi connectivity index (χ1v) is 8.64. The Morgan fingerprint density at radius 2 is 0.741 bits per heavy atom. The Morgan fingerprint density at radius 3 is 0.963 bits per heavy atom. The number of hydrogen-bond donors (Lipinski definition) is 0. The van der Waals surface area contributed by atoms with Crippen LogP contribution >= 0.6 is 0 Å². The first-order valence-electron chi connectivity index (χ1n) is 8.64. The molecule has 0 aliphatic heterocycles. The third-order valence-electron chi connectivity index (χ3n) is 4.14. The summed E-state index contributed by atoms with van der Waals surface area (Å²) < 4.78 is 0. The summed E-state index contributed by atoms with van der Waals surface area (Å²) in [5.74, 6) is 1.72. The topological polar surface area (TPSA) is 77.3 Å². The number of nitrogens with zero attached hydrogens (tertiary/aromatic N) is 6. The van der Waals surface area contributed by atoms with Crippen LogP contribution in [0.15, 0.2) is 55.0 Å². The standard InChI is InChI=1S/C21H18N6/c1-13-4-7-16(10-22-13)19-25-20(17-8-5-14(2)23-11-17)27-21(26-19)18-9-6-15(3)24-12-18/h4-12H,1-3H3. The van der Waals surface area contributed by atoms with Crippen LogP contribution in [-0.2, 0) is 0 Å². The van der Waals surface area contributed by atoms with Gasteiger partial charge in [-0.25, -0.2) is 15.0 Å². The van der Waals surface area contributed by atoms with E-state index in [1.807, 2.05) is 57.2 Å². The fourth-order valence-corrected chi connectivity index (χ4v) is 2.56. The highest BCUT2D eigenvalue weighted by Crippen LogP contribution is 2.24. The van der Waals surface area contributed by atoms with Gasteiger partial charge in [0.2, 0.25) is 0 Å². The number of hydrogen-bond acceptors (Lipinski definition) is 6. The fourth-order valence-electron chi connectivity index (χ4n) is 2.56. The molecule has 0 amide bonds. The molecule has 6 heteroatoms. The molecule has 4 aromatic heterocycles. The van der Waals surface area contributed by atoms with Gasteiger partial charge in [0, 0.05) is 52.4 Å². The zero-order chi connectivity index (χ0) is 18.8.